The first-order valence-corrected chi connectivity index (χ1v) is 10.7. The third kappa shape index (κ3) is 5.00. The number of carbonyl (C=O) groups is 1. The average molecular weight is 381 g/mol. The summed E-state index contributed by atoms with van der Waals surface area (Å²) in [5.41, 5.74) is 0.151. The molecule has 5 heteroatoms. The van der Waals surface area contributed by atoms with Crippen LogP contribution in [0.2, 0.25) is 0 Å². The maximum Gasteiger partial charge on any atom is 0.145 e. The Morgan fingerprint density at radius 2 is 2.07 bits per heavy atom. The van der Waals surface area contributed by atoms with Crippen molar-refractivity contribution < 1.29 is 24.1 Å². The minimum atomic E-state index is -0.574. The Morgan fingerprint density at radius 1 is 1.26 bits per heavy atom. The molecule has 3 aliphatic rings. The second-order valence-corrected chi connectivity index (χ2v) is 8.85. The van der Waals surface area contributed by atoms with Gasteiger partial charge in [-0.1, -0.05) is 32.8 Å². The molecule has 0 amide bonds. The number of ether oxygens (including phenoxy) is 3. The summed E-state index contributed by atoms with van der Waals surface area (Å²) in [7, 11) is 0. The molecule has 5 nitrogen and oxygen atoms in total. The zero-order valence-corrected chi connectivity index (χ0v) is 16.9. The van der Waals surface area contributed by atoms with Gasteiger partial charge in [-0.3, -0.25) is 4.79 Å². The topological polar surface area (TPSA) is 65.0 Å². The molecule has 0 radical (unpaired) electrons. The molecule has 0 unspecified atom stereocenters. The summed E-state index contributed by atoms with van der Waals surface area (Å²) in [4.78, 5) is 10.9. The van der Waals surface area contributed by atoms with E-state index in [1.54, 1.807) is 0 Å². The lowest BCUT2D eigenvalue weighted by atomic mass is 9.81. The van der Waals surface area contributed by atoms with Crippen LogP contribution in [-0.2, 0) is 19.0 Å². The van der Waals surface area contributed by atoms with E-state index < -0.39 is 6.10 Å². The predicted octanol–water partition coefficient (Wildman–Crippen LogP) is 3.72. The number of aldehydes is 1. The van der Waals surface area contributed by atoms with Gasteiger partial charge in [-0.2, -0.15) is 0 Å². The Hall–Kier alpha value is -0.750. The first-order chi connectivity index (χ1) is 12.9. The molecule has 1 N–H and O–H groups in total. The van der Waals surface area contributed by atoms with Crippen molar-refractivity contribution in [2.75, 3.05) is 0 Å². The fourth-order valence-corrected chi connectivity index (χ4v) is 4.93. The maximum absolute atomic E-state index is 10.9. The summed E-state index contributed by atoms with van der Waals surface area (Å²) >= 11 is 0. The molecule has 3 saturated heterocycles. The monoisotopic (exact) mass is 380 g/mol. The molecule has 3 aliphatic heterocycles. The van der Waals surface area contributed by atoms with Crippen LogP contribution in [0.4, 0.5) is 0 Å². The molecule has 0 spiro atoms. The van der Waals surface area contributed by atoms with Crippen LogP contribution in [-0.4, -0.2) is 53.6 Å². The number of fused-ring (bicyclic) bond motifs is 2. The second-order valence-electron chi connectivity index (χ2n) is 8.85. The lowest BCUT2D eigenvalue weighted by Gasteiger charge is -2.51. The molecule has 0 bridgehead atoms. The van der Waals surface area contributed by atoms with Crippen molar-refractivity contribution >= 4 is 6.29 Å². The normalized spacial score (nSPS) is 41.9. The molecule has 0 aliphatic carbocycles. The van der Waals surface area contributed by atoms with Crippen LogP contribution < -0.4 is 0 Å². The van der Waals surface area contributed by atoms with Crippen LogP contribution in [0.25, 0.3) is 0 Å². The highest BCUT2D eigenvalue weighted by molar-refractivity contribution is 5.72. The van der Waals surface area contributed by atoms with E-state index in [-0.39, 0.29) is 30.0 Å². The van der Waals surface area contributed by atoms with Crippen molar-refractivity contribution in [3.63, 3.8) is 0 Å². The largest absolute Gasteiger partial charge is 0.390 e. The quantitative estimate of drug-likeness (QED) is 0.414. The van der Waals surface area contributed by atoms with Crippen molar-refractivity contribution in [3.05, 3.63) is 12.2 Å². The summed E-state index contributed by atoms with van der Waals surface area (Å²) in [6.07, 6.45) is 9.42. The lowest BCUT2D eigenvalue weighted by molar-refractivity contribution is -0.290. The molecular formula is C22H36O5. The predicted molar refractivity (Wildman–Crippen MR) is 104 cm³/mol. The minimum absolute atomic E-state index is 0.00639. The van der Waals surface area contributed by atoms with Gasteiger partial charge in [0.15, 0.2) is 0 Å². The van der Waals surface area contributed by atoms with E-state index in [2.05, 4.69) is 20.4 Å². The first-order valence-electron chi connectivity index (χ1n) is 10.7. The standard InChI is InChI=1S/C22H36O5/c1-4-5-6-8-16-9-7-10-22(3)20(26-16)13-19-21(27-22)18(24)12-17(25-19)11-15(2)14-23/h14,16-21,24H,2,4-13H2,1,3H3/t16-,17-,18+,19-,20+,21+,22-/m1/s1. The zero-order valence-electron chi connectivity index (χ0n) is 16.9. The van der Waals surface area contributed by atoms with Gasteiger partial charge in [0.2, 0.25) is 0 Å². The van der Waals surface area contributed by atoms with E-state index in [0.29, 0.717) is 24.5 Å². The second kappa shape index (κ2) is 9.17. The van der Waals surface area contributed by atoms with Crippen molar-refractivity contribution in [2.45, 2.75) is 120 Å². The highest BCUT2D eigenvalue weighted by atomic mass is 16.6. The number of hydrogen-bond donors (Lipinski definition) is 1. The molecule has 0 aromatic carbocycles. The number of aliphatic hydroxyl groups excluding tert-OH is 1. The van der Waals surface area contributed by atoms with Crippen molar-refractivity contribution in [1.29, 1.82) is 0 Å². The minimum Gasteiger partial charge on any atom is -0.390 e. The van der Waals surface area contributed by atoms with Crippen LogP contribution in [0.1, 0.15) is 78.1 Å². The Bertz CT molecular complexity index is 521. The summed E-state index contributed by atoms with van der Waals surface area (Å²) in [6, 6.07) is 0. The summed E-state index contributed by atoms with van der Waals surface area (Å²) in [5.74, 6) is 0. The molecule has 27 heavy (non-hydrogen) atoms. The average Bonchev–Trinajstić information content (AvgIpc) is 2.78. The van der Waals surface area contributed by atoms with E-state index >= 15 is 0 Å². The molecule has 0 aromatic heterocycles. The molecule has 3 heterocycles. The molecule has 154 valence electrons. The summed E-state index contributed by atoms with van der Waals surface area (Å²) in [6.45, 7) is 8.10. The smallest absolute Gasteiger partial charge is 0.145 e. The van der Waals surface area contributed by atoms with E-state index in [1.165, 1.54) is 19.3 Å². The first kappa shape index (κ1) is 21.0. The molecule has 7 atom stereocenters. The Labute approximate surface area is 163 Å². The third-order valence-electron chi connectivity index (χ3n) is 6.49. The Balaban J connectivity index is 1.66. The van der Waals surface area contributed by atoms with Gasteiger partial charge in [0.1, 0.15) is 12.4 Å². The zero-order chi connectivity index (χ0) is 19.4. The number of rotatable bonds is 7. The Morgan fingerprint density at radius 3 is 2.81 bits per heavy atom. The van der Waals surface area contributed by atoms with Crippen molar-refractivity contribution in [1.82, 2.24) is 0 Å². The van der Waals surface area contributed by atoms with Gasteiger partial charge in [0, 0.05) is 19.3 Å². The molecular weight excluding hydrogens is 344 g/mol. The number of hydrogen-bond acceptors (Lipinski definition) is 5. The van der Waals surface area contributed by atoms with Crippen molar-refractivity contribution in [3.8, 4) is 0 Å². The van der Waals surface area contributed by atoms with Crippen LogP contribution in [0, 0.1) is 0 Å². The molecule has 0 aromatic rings. The van der Waals surface area contributed by atoms with Gasteiger partial charge >= 0.3 is 0 Å². The van der Waals surface area contributed by atoms with Crippen LogP contribution >= 0.6 is 0 Å². The number of unbranched alkanes of at least 4 members (excludes halogenated alkanes) is 2. The summed E-state index contributed by atoms with van der Waals surface area (Å²) in [5, 5.41) is 10.7. The van der Waals surface area contributed by atoms with Crippen molar-refractivity contribution in [2.24, 2.45) is 0 Å². The highest BCUT2D eigenvalue weighted by Crippen LogP contribution is 2.43. The molecule has 0 saturated carbocycles. The van der Waals surface area contributed by atoms with E-state index in [4.69, 9.17) is 14.2 Å². The maximum atomic E-state index is 10.9. The lowest BCUT2D eigenvalue weighted by Crippen LogP contribution is -2.62. The Kier molecular flexibility index (Phi) is 7.12. The van der Waals surface area contributed by atoms with Gasteiger partial charge in [-0.05, 0) is 38.2 Å². The highest BCUT2D eigenvalue weighted by Gasteiger charge is 2.52. The molecule has 3 rings (SSSR count). The van der Waals surface area contributed by atoms with Gasteiger partial charge < -0.3 is 19.3 Å². The fourth-order valence-electron chi connectivity index (χ4n) is 4.93. The van der Waals surface area contributed by atoms with Crippen LogP contribution in [0.15, 0.2) is 12.2 Å². The summed E-state index contributed by atoms with van der Waals surface area (Å²) < 4.78 is 19.2. The SMILES string of the molecule is C=C(C=O)C[C@@H]1C[C@H](O)[C@@H]2O[C@]3(C)CCC[C@@H](CCCCC)O[C@H]3C[C@H]2O1. The van der Waals surface area contributed by atoms with E-state index in [0.717, 1.165) is 38.4 Å². The fraction of sp³-hybridized carbons (Fsp3) is 0.864. The third-order valence-corrected chi connectivity index (χ3v) is 6.49. The van der Waals surface area contributed by atoms with Gasteiger partial charge in [0.05, 0.1) is 36.1 Å². The van der Waals surface area contributed by atoms with E-state index in [1.807, 2.05) is 0 Å². The molecule has 3 fully saturated rings. The van der Waals surface area contributed by atoms with Crippen LogP contribution in [0.5, 0.6) is 0 Å². The van der Waals surface area contributed by atoms with Gasteiger partial charge in [-0.15, -0.1) is 0 Å². The van der Waals surface area contributed by atoms with Crippen LogP contribution in [0.3, 0.4) is 0 Å². The van der Waals surface area contributed by atoms with Gasteiger partial charge in [0.25, 0.3) is 0 Å². The number of carbonyl (C=O) groups excluding carboxylic acids is 1. The van der Waals surface area contributed by atoms with Gasteiger partial charge in [-0.25, -0.2) is 0 Å². The van der Waals surface area contributed by atoms with E-state index in [9.17, 15) is 9.90 Å². The number of aliphatic hydroxyl groups is 1.